The molecule has 86 valence electrons. The zero-order chi connectivity index (χ0) is 11.4. The van der Waals surface area contributed by atoms with Gasteiger partial charge in [-0.2, -0.15) is 0 Å². The van der Waals surface area contributed by atoms with Crippen LogP contribution < -0.4 is 10.6 Å². The van der Waals surface area contributed by atoms with Crippen molar-refractivity contribution in [2.24, 2.45) is 0 Å². The third-order valence-corrected chi connectivity index (χ3v) is 2.89. The van der Waals surface area contributed by atoms with Gasteiger partial charge in [0.1, 0.15) is 6.04 Å². The van der Waals surface area contributed by atoms with Crippen molar-refractivity contribution in [1.82, 2.24) is 5.32 Å². The van der Waals surface area contributed by atoms with Crippen molar-refractivity contribution < 1.29 is 4.79 Å². The summed E-state index contributed by atoms with van der Waals surface area (Å²) in [6, 6.07) is 8.05. The number of rotatable bonds is 2. The number of hydrogen-bond donors (Lipinski definition) is 2. The van der Waals surface area contributed by atoms with Crippen LogP contribution in [0.25, 0.3) is 0 Å². The van der Waals surface area contributed by atoms with Crippen molar-refractivity contribution in [1.29, 1.82) is 0 Å². The molecule has 1 fully saturated rings. The zero-order valence-corrected chi connectivity index (χ0v) is 9.62. The van der Waals surface area contributed by atoms with Crippen LogP contribution >= 0.6 is 0 Å². The molecule has 16 heavy (non-hydrogen) atoms. The highest BCUT2D eigenvalue weighted by molar-refractivity contribution is 5.84. The number of aryl methyl sites for hydroxylation is 1. The monoisotopic (exact) mass is 218 g/mol. The average molecular weight is 218 g/mol. The van der Waals surface area contributed by atoms with E-state index in [0.29, 0.717) is 0 Å². The number of anilines is 1. The van der Waals surface area contributed by atoms with E-state index in [1.807, 2.05) is 12.1 Å². The summed E-state index contributed by atoms with van der Waals surface area (Å²) in [4.78, 5) is 11.7. The van der Waals surface area contributed by atoms with E-state index in [4.69, 9.17) is 0 Å². The number of amides is 1. The molecule has 1 atom stereocenters. The number of carbonyl (C=O) groups excluding carboxylic acids is 1. The first-order chi connectivity index (χ1) is 7.75. The molecular formula is C13H18N2O. The van der Waals surface area contributed by atoms with E-state index in [1.165, 1.54) is 5.56 Å². The zero-order valence-electron chi connectivity index (χ0n) is 9.62. The Kier molecular flexibility index (Phi) is 3.44. The van der Waals surface area contributed by atoms with Gasteiger partial charge in [0.25, 0.3) is 0 Å². The fourth-order valence-corrected chi connectivity index (χ4v) is 2.01. The lowest BCUT2D eigenvalue weighted by Gasteiger charge is -2.16. The van der Waals surface area contributed by atoms with Gasteiger partial charge in [-0.15, -0.1) is 0 Å². The molecule has 0 aromatic heterocycles. The molecule has 0 aliphatic carbocycles. The molecule has 0 spiro atoms. The Balaban J connectivity index is 2.05. The Hall–Kier alpha value is -1.51. The molecular weight excluding hydrogens is 200 g/mol. The lowest BCUT2D eigenvalue weighted by atomic mass is 10.1. The van der Waals surface area contributed by atoms with E-state index >= 15 is 0 Å². The lowest BCUT2D eigenvalue weighted by Crippen LogP contribution is -2.37. The summed E-state index contributed by atoms with van der Waals surface area (Å²) in [5.41, 5.74) is 2.24. The average Bonchev–Trinajstić information content (AvgIpc) is 2.45. The first kappa shape index (κ1) is 11.0. The molecule has 1 aromatic carbocycles. The quantitative estimate of drug-likeness (QED) is 0.798. The molecule has 1 aliphatic heterocycles. The van der Waals surface area contributed by atoms with Crippen molar-refractivity contribution in [3.8, 4) is 0 Å². The van der Waals surface area contributed by atoms with Gasteiger partial charge in [0.15, 0.2) is 0 Å². The second kappa shape index (κ2) is 5.01. The van der Waals surface area contributed by atoms with Crippen LogP contribution in [0.5, 0.6) is 0 Å². The van der Waals surface area contributed by atoms with Crippen LogP contribution in [0.15, 0.2) is 24.3 Å². The minimum absolute atomic E-state index is 0.0794. The minimum Gasteiger partial charge on any atom is -0.374 e. The van der Waals surface area contributed by atoms with Crippen LogP contribution in [0, 0.1) is 6.92 Å². The highest BCUT2D eigenvalue weighted by Crippen LogP contribution is 2.14. The number of benzene rings is 1. The van der Waals surface area contributed by atoms with Crippen molar-refractivity contribution in [3.63, 3.8) is 0 Å². The molecule has 1 aromatic rings. The van der Waals surface area contributed by atoms with Gasteiger partial charge in [-0.1, -0.05) is 12.1 Å². The molecule has 1 heterocycles. The molecule has 1 unspecified atom stereocenters. The predicted molar refractivity (Wildman–Crippen MR) is 65.5 cm³/mol. The highest BCUT2D eigenvalue weighted by atomic mass is 16.2. The maximum atomic E-state index is 11.7. The Morgan fingerprint density at radius 1 is 1.38 bits per heavy atom. The topological polar surface area (TPSA) is 41.1 Å². The molecule has 0 radical (unpaired) electrons. The van der Waals surface area contributed by atoms with E-state index in [0.717, 1.165) is 31.5 Å². The van der Waals surface area contributed by atoms with E-state index in [-0.39, 0.29) is 11.9 Å². The normalized spacial score (nSPS) is 21.1. The number of carbonyl (C=O) groups is 1. The van der Waals surface area contributed by atoms with Gasteiger partial charge in [-0.05, 0) is 43.9 Å². The fourth-order valence-electron chi connectivity index (χ4n) is 2.01. The first-order valence-corrected chi connectivity index (χ1v) is 5.86. The van der Waals surface area contributed by atoms with Crippen molar-refractivity contribution in [3.05, 3.63) is 29.8 Å². The molecule has 0 bridgehead atoms. The van der Waals surface area contributed by atoms with Crippen LogP contribution in [0.1, 0.15) is 24.8 Å². The molecule has 1 saturated heterocycles. The van der Waals surface area contributed by atoms with Crippen LogP contribution in [0.3, 0.4) is 0 Å². The summed E-state index contributed by atoms with van der Waals surface area (Å²) >= 11 is 0. The highest BCUT2D eigenvalue weighted by Gasteiger charge is 2.19. The van der Waals surface area contributed by atoms with E-state index in [9.17, 15) is 4.79 Å². The standard InChI is InChI=1S/C13H18N2O/c1-10-5-4-6-11(9-10)15-12-7-2-3-8-14-13(12)16/h4-6,9,12,15H,2-3,7-8H2,1H3,(H,14,16). The molecule has 3 heteroatoms. The second-order valence-electron chi connectivity index (χ2n) is 4.35. The van der Waals surface area contributed by atoms with E-state index < -0.39 is 0 Å². The SMILES string of the molecule is Cc1cccc(NC2CCCCNC2=O)c1. The van der Waals surface area contributed by atoms with Crippen LogP contribution in [0.4, 0.5) is 5.69 Å². The van der Waals surface area contributed by atoms with Crippen molar-refractivity contribution in [2.75, 3.05) is 11.9 Å². The van der Waals surface area contributed by atoms with Gasteiger partial charge in [-0.3, -0.25) is 4.79 Å². The van der Waals surface area contributed by atoms with Gasteiger partial charge >= 0.3 is 0 Å². The number of nitrogens with one attached hydrogen (secondary N) is 2. The molecule has 1 aliphatic rings. The van der Waals surface area contributed by atoms with E-state index in [1.54, 1.807) is 0 Å². The fraction of sp³-hybridized carbons (Fsp3) is 0.462. The summed E-state index contributed by atoms with van der Waals surface area (Å²) in [5.74, 6) is 0.124. The molecule has 0 saturated carbocycles. The molecule has 2 rings (SSSR count). The summed E-state index contributed by atoms with van der Waals surface area (Å²) in [5, 5.41) is 6.23. The Labute approximate surface area is 96.2 Å². The smallest absolute Gasteiger partial charge is 0.242 e. The largest absolute Gasteiger partial charge is 0.374 e. The molecule has 2 N–H and O–H groups in total. The Bertz CT molecular complexity index is 376. The maximum Gasteiger partial charge on any atom is 0.242 e. The Morgan fingerprint density at radius 2 is 2.25 bits per heavy atom. The first-order valence-electron chi connectivity index (χ1n) is 5.86. The van der Waals surface area contributed by atoms with Gasteiger partial charge in [0.05, 0.1) is 0 Å². The predicted octanol–water partition coefficient (Wildman–Crippen LogP) is 2.08. The van der Waals surface area contributed by atoms with Gasteiger partial charge in [0, 0.05) is 12.2 Å². The summed E-state index contributed by atoms with van der Waals surface area (Å²) < 4.78 is 0. The molecule has 3 nitrogen and oxygen atoms in total. The van der Waals surface area contributed by atoms with Crippen molar-refractivity contribution >= 4 is 11.6 Å². The maximum absolute atomic E-state index is 11.7. The van der Waals surface area contributed by atoms with Crippen LogP contribution in [-0.4, -0.2) is 18.5 Å². The molecule has 1 amide bonds. The van der Waals surface area contributed by atoms with Gasteiger partial charge in [-0.25, -0.2) is 0 Å². The van der Waals surface area contributed by atoms with Crippen LogP contribution in [-0.2, 0) is 4.79 Å². The minimum atomic E-state index is -0.0794. The third-order valence-electron chi connectivity index (χ3n) is 2.89. The summed E-state index contributed by atoms with van der Waals surface area (Å²) in [7, 11) is 0. The second-order valence-corrected chi connectivity index (χ2v) is 4.35. The summed E-state index contributed by atoms with van der Waals surface area (Å²) in [6.07, 6.45) is 3.10. The third kappa shape index (κ3) is 2.75. The van der Waals surface area contributed by atoms with Crippen molar-refractivity contribution in [2.45, 2.75) is 32.2 Å². The van der Waals surface area contributed by atoms with Crippen LogP contribution in [0.2, 0.25) is 0 Å². The van der Waals surface area contributed by atoms with Gasteiger partial charge < -0.3 is 10.6 Å². The lowest BCUT2D eigenvalue weighted by molar-refractivity contribution is -0.121. The summed E-state index contributed by atoms with van der Waals surface area (Å²) in [6.45, 7) is 2.86. The van der Waals surface area contributed by atoms with Gasteiger partial charge in [0.2, 0.25) is 5.91 Å². The van der Waals surface area contributed by atoms with E-state index in [2.05, 4.69) is 29.7 Å². The Morgan fingerprint density at radius 3 is 3.06 bits per heavy atom. The number of hydrogen-bond acceptors (Lipinski definition) is 2.